The van der Waals surface area contributed by atoms with Crippen molar-refractivity contribution in [3.05, 3.63) is 47.2 Å². The molecule has 102 valence electrons. The molecule has 0 aliphatic carbocycles. The van der Waals surface area contributed by atoms with Crippen LogP contribution in [0.5, 0.6) is 5.88 Å². The number of aryl methyl sites for hydroxylation is 3. The fourth-order valence-corrected chi connectivity index (χ4v) is 2.19. The third kappa shape index (κ3) is 3.35. The molecule has 1 aromatic carbocycles. The maximum atomic E-state index is 5.82. The predicted molar refractivity (Wildman–Crippen MR) is 76.1 cm³/mol. The summed E-state index contributed by atoms with van der Waals surface area (Å²) in [5.74, 6) is 0.799. The molecule has 2 rings (SSSR count). The lowest BCUT2D eigenvalue weighted by molar-refractivity contribution is 0.282. The van der Waals surface area contributed by atoms with Gasteiger partial charge in [0.05, 0.1) is 17.9 Å². The van der Waals surface area contributed by atoms with Gasteiger partial charge in [0.15, 0.2) is 0 Å². The Morgan fingerprint density at radius 2 is 2.00 bits per heavy atom. The van der Waals surface area contributed by atoms with E-state index in [1.54, 1.807) is 4.68 Å². The average Bonchev–Trinajstić information content (AvgIpc) is 2.70. The van der Waals surface area contributed by atoms with E-state index in [9.17, 15) is 0 Å². The first kappa shape index (κ1) is 13.6. The maximum Gasteiger partial charge on any atom is 0.216 e. The van der Waals surface area contributed by atoms with Gasteiger partial charge in [-0.15, -0.1) is 0 Å². The maximum absolute atomic E-state index is 5.82. The number of aromatic nitrogens is 2. The molecule has 4 nitrogen and oxygen atoms in total. The van der Waals surface area contributed by atoms with Gasteiger partial charge in [-0.3, -0.25) is 0 Å². The van der Waals surface area contributed by atoms with Crippen LogP contribution in [0.1, 0.15) is 23.2 Å². The average molecular weight is 259 g/mol. The van der Waals surface area contributed by atoms with Gasteiger partial charge in [-0.1, -0.05) is 30.3 Å². The highest BCUT2D eigenvalue weighted by Crippen LogP contribution is 2.20. The Morgan fingerprint density at radius 1 is 1.26 bits per heavy atom. The van der Waals surface area contributed by atoms with E-state index in [1.807, 2.05) is 20.0 Å². The van der Waals surface area contributed by atoms with Gasteiger partial charge in [0.25, 0.3) is 0 Å². The Kier molecular flexibility index (Phi) is 4.58. The number of ether oxygens (including phenoxy) is 1. The summed E-state index contributed by atoms with van der Waals surface area (Å²) in [6.45, 7) is 3.10. The summed E-state index contributed by atoms with van der Waals surface area (Å²) in [5, 5.41) is 4.33. The number of hydrogen-bond donors (Lipinski definition) is 1. The molecular weight excluding hydrogens is 238 g/mol. The van der Waals surface area contributed by atoms with Crippen molar-refractivity contribution >= 4 is 0 Å². The molecular formula is C15H21N3O. The summed E-state index contributed by atoms with van der Waals surface area (Å²) in [4.78, 5) is 0. The van der Waals surface area contributed by atoms with Crippen LogP contribution in [0.15, 0.2) is 30.3 Å². The monoisotopic (exact) mass is 259 g/mol. The number of hydrogen-bond acceptors (Lipinski definition) is 3. The number of rotatable bonds is 6. The standard InChI is InChI=1S/C15H21N3O/c1-12-14(11-16)15(18(2)17-12)19-10-6-9-13-7-4-3-5-8-13/h3-5,7-8H,6,9-11,16H2,1-2H3. The summed E-state index contributed by atoms with van der Waals surface area (Å²) in [6.07, 6.45) is 2.01. The summed E-state index contributed by atoms with van der Waals surface area (Å²) >= 11 is 0. The van der Waals surface area contributed by atoms with Crippen molar-refractivity contribution in [1.29, 1.82) is 0 Å². The SMILES string of the molecule is Cc1nn(C)c(OCCCc2ccccc2)c1CN. The van der Waals surface area contributed by atoms with Crippen LogP contribution in [0.25, 0.3) is 0 Å². The molecule has 0 atom stereocenters. The van der Waals surface area contributed by atoms with E-state index in [1.165, 1.54) is 5.56 Å². The Hall–Kier alpha value is -1.81. The highest BCUT2D eigenvalue weighted by Gasteiger charge is 2.12. The molecule has 19 heavy (non-hydrogen) atoms. The van der Waals surface area contributed by atoms with E-state index < -0.39 is 0 Å². The first-order valence-electron chi connectivity index (χ1n) is 6.61. The molecule has 0 bridgehead atoms. The smallest absolute Gasteiger partial charge is 0.216 e. The Morgan fingerprint density at radius 3 is 2.68 bits per heavy atom. The summed E-state index contributed by atoms with van der Waals surface area (Å²) < 4.78 is 7.59. The molecule has 0 saturated carbocycles. The lowest BCUT2D eigenvalue weighted by Crippen LogP contribution is -2.07. The fourth-order valence-electron chi connectivity index (χ4n) is 2.19. The molecule has 2 aromatic rings. The van der Waals surface area contributed by atoms with E-state index in [2.05, 4.69) is 29.4 Å². The highest BCUT2D eigenvalue weighted by molar-refractivity contribution is 5.30. The van der Waals surface area contributed by atoms with Crippen molar-refractivity contribution in [3.8, 4) is 5.88 Å². The first-order chi connectivity index (χ1) is 9.22. The van der Waals surface area contributed by atoms with Gasteiger partial charge in [0, 0.05) is 13.6 Å². The van der Waals surface area contributed by atoms with Crippen molar-refractivity contribution in [2.45, 2.75) is 26.3 Å². The minimum absolute atomic E-state index is 0.466. The molecule has 0 radical (unpaired) electrons. The van der Waals surface area contributed by atoms with Gasteiger partial charge in [0.1, 0.15) is 0 Å². The van der Waals surface area contributed by atoms with Gasteiger partial charge in [0.2, 0.25) is 5.88 Å². The van der Waals surface area contributed by atoms with E-state index in [4.69, 9.17) is 10.5 Å². The topological polar surface area (TPSA) is 53.1 Å². The van der Waals surface area contributed by atoms with E-state index in [-0.39, 0.29) is 0 Å². The number of nitrogens with two attached hydrogens (primary N) is 1. The molecule has 0 aliphatic rings. The van der Waals surface area contributed by atoms with Gasteiger partial charge < -0.3 is 10.5 Å². The first-order valence-corrected chi connectivity index (χ1v) is 6.61. The van der Waals surface area contributed by atoms with Crippen LogP contribution in [0.3, 0.4) is 0 Å². The Bertz CT molecular complexity index is 520. The Balaban J connectivity index is 1.86. The van der Waals surface area contributed by atoms with Crippen LogP contribution in [-0.2, 0) is 20.0 Å². The molecule has 0 spiro atoms. The van der Waals surface area contributed by atoms with Gasteiger partial charge in [-0.25, -0.2) is 4.68 Å². The zero-order chi connectivity index (χ0) is 13.7. The normalized spacial score (nSPS) is 10.7. The molecule has 0 saturated heterocycles. The third-order valence-corrected chi connectivity index (χ3v) is 3.18. The summed E-state index contributed by atoms with van der Waals surface area (Å²) in [6, 6.07) is 10.4. The zero-order valence-corrected chi connectivity index (χ0v) is 11.6. The molecule has 1 heterocycles. The molecule has 0 aliphatic heterocycles. The van der Waals surface area contributed by atoms with Crippen LogP contribution in [-0.4, -0.2) is 16.4 Å². The van der Waals surface area contributed by atoms with Crippen LogP contribution in [0.4, 0.5) is 0 Å². The van der Waals surface area contributed by atoms with E-state index in [0.29, 0.717) is 13.2 Å². The van der Waals surface area contributed by atoms with Gasteiger partial charge in [-0.05, 0) is 25.3 Å². The largest absolute Gasteiger partial charge is 0.478 e. The quantitative estimate of drug-likeness (QED) is 0.809. The van der Waals surface area contributed by atoms with Crippen LogP contribution < -0.4 is 10.5 Å². The van der Waals surface area contributed by atoms with Crippen molar-refractivity contribution in [2.75, 3.05) is 6.61 Å². The van der Waals surface area contributed by atoms with Crippen molar-refractivity contribution in [2.24, 2.45) is 12.8 Å². The second-order valence-corrected chi connectivity index (χ2v) is 4.63. The summed E-state index contributed by atoms with van der Waals surface area (Å²) in [7, 11) is 1.89. The second-order valence-electron chi connectivity index (χ2n) is 4.63. The van der Waals surface area contributed by atoms with Crippen LogP contribution >= 0.6 is 0 Å². The molecule has 1 aromatic heterocycles. The van der Waals surface area contributed by atoms with E-state index in [0.717, 1.165) is 30.0 Å². The number of nitrogens with zero attached hydrogens (tertiary/aromatic N) is 2. The molecule has 0 unspecified atom stereocenters. The Labute approximate surface area is 114 Å². The second kappa shape index (κ2) is 6.38. The minimum atomic E-state index is 0.466. The fraction of sp³-hybridized carbons (Fsp3) is 0.400. The summed E-state index contributed by atoms with van der Waals surface area (Å²) in [5.41, 5.74) is 9.02. The predicted octanol–water partition coefficient (Wildman–Crippen LogP) is 2.20. The van der Waals surface area contributed by atoms with Gasteiger partial charge >= 0.3 is 0 Å². The highest BCUT2D eigenvalue weighted by atomic mass is 16.5. The minimum Gasteiger partial charge on any atom is -0.478 e. The zero-order valence-electron chi connectivity index (χ0n) is 11.6. The van der Waals surface area contributed by atoms with Crippen molar-refractivity contribution in [3.63, 3.8) is 0 Å². The van der Waals surface area contributed by atoms with Gasteiger partial charge in [-0.2, -0.15) is 5.10 Å². The molecule has 2 N–H and O–H groups in total. The lowest BCUT2D eigenvalue weighted by atomic mass is 10.1. The molecule has 4 heteroatoms. The number of benzene rings is 1. The third-order valence-electron chi connectivity index (χ3n) is 3.18. The van der Waals surface area contributed by atoms with Crippen LogP contribution in [0.2, 0.25) is 0 Å². The van der Waals surface area contributed by atoms with Crippen molar-refractivity contribution < 1.29 is 4.74 Å². The van der Waals surface area contributed by atoms with Crippen LogP contribution in [0, 0.1) is 6.92 Å². The molecule has 0 fully saturated rings. The van der Waals surface area contributed by atoms with E-state index >= 15 is 0 Å². The lowest BCUT2D eigenvalue weighted by Gasteiger charge is -2.08. The van der Waals surface area contributed by atoms with Crippen molar-refractivity contribution in [1.82, 2.24) is 9.78 Å². The molecule has 0 amide bonds.